The Bertz CT molecular complexity index is 538. The van der Waals surface area contributed by atoms with Crippen molar-refractivity contribution in [3.05, 3.63) is 30.0 Å². The number of fused-ring (bicyclic) bond motifs is 1. The second kappa shape index (κ2) is 3.01. The summed E-state index contributed by atoms with van der Waals surface area (Å²) in [6.07, 6.45) is 4.00. The van der Waals surface area contributed by atoms with Crippen molar-refractivity contribution >= 4 is 10.9 Å². The van der Waals surface area contributed by atoms with Gasteiger partial charge in [0.05, 0.1) is 0 Å². The largest absolute Gasteiger partial charge is 0.507 e. The number of benzene rings is 1. The first kappa shape index (κ1) is 9.73. The number of phenolic OH excluding ortho intramolecular Hbond substituents is 1. The van der Waals surface area contributed by atoms with Crippen LogP contribution in [0.4, 0.5) is 0 Å². The summed E-state index contributed by atoms with van der Waals surface area (Å²) in [5.74, 6) is 0.397. The molecule has 0 amide bonds. The molecule has 1 atom stereocenters. The van der Waals surface area contributed by atoms with Crippen LogP contribution in [0.3, 0.4) is 0 Å². The van der Waals surface area contributed by atoms with E-state index in [9.17, 15) is 5.11 Å². The van der Waals surface area contributed by atoms with E-state index in [1.807, 2.05) is 31.3 Å². The maximum Gasteiger partial charge on any atom is 0.128 e. The average molecular weight is 216 g/mol. The molecule has 2 aromatic rings. The van der Waals surface area contributed by atoms with Crippen molar-refractivity contribution in [1.29, 1.82) is 0 Å². The molecular formula is C13H16N2O. The van der Waals surface area contributed by atoms with E-state index in [4.69, 9.17) is 5.73 Å². The zero-order valence-corrected chi connectivity index (χ0v) is 9.33. The molecule has 1 aliphatic carbocycles. The van der Waals surface area contributed by atoms with Gasteiger partial charge in [-0.1, -0.05) is 6.07 Å². The molecule has 3 rings (SSSR count). The molecule has 1 aliphatic rings. The lowest BCUT2D eigenvalue weighted by molar-refractivity contribution is 0.452. The zero-order chi connectivity index (χ0) is 11.3. The Kier molecular flexibility index (Phi) is 1.83. The quantitative estimate of drug-likeness (QED) is 0.721. The molecule has 1 saturated carbocycles. The number of nitrogens with one attached hydrogen (secondary N) is 1. The highest BCUT2D eigenvalue weighted by molar-refractivity contribution is 5.87. The highest BCUT2D eigenvalue weighted by atomic mass is 16.3. The SMILES string of the molecule is CC(N)C1(c2ccc3[nH]ccc3c2O)CC1. The molecule has 0 saturated heterocycles. The number of aromatic hydroxyl groups is 1. The van der Waals surface area contributed by atoms with Gasteiger partial charge in [-0.3, -0.25) is 0 Å². The third kappa shape index (κ3) is 1.12. The summed E-state index contributed by atoms with van der Waals surface area (Å²) < 4.78 is 0. The van der Waals surface area contributed by atoms with Crippen LogP contribution in [0, 0.1) is 0 Å². The first-order chi connectivity index (χ1) is 7.65. The Morgan fingerprint density at radius 2 is 2.12 bits per heavy atom. The summed E-state index contributed by atoms with van der Waals surface area (Å²) in [4.78, 5) is 3.10. The minimum Gasteiger partial charge on any atom is -0.507 e. The first-order valence-electron chi connectivity index (χ1n) is 5.70. The van der Waals surface area contributed by atoms with E-state index in [2.05, 4.69) is 4.98 Å². The fourth-order valence-electron chi connectivity index (χ4n) is 2.62. The molecule has 16 heavy (non-hydrogen) atoms. The number of rotatable bonds is 2. The molecule has 0 spiro atoms. The first-order valence-corrected chi connectivity index (χ1v) is 5.70. The Morgan fingerprint density at radius 3 is 2.75 bits per heavy atom. The van der Waals surface area contributed by atoms with E-state index < -0.39 is 0 Å². The van der Waals surface area contributed by atoms with Gasteiger partial charge in [0.2, 0.25) is 0 Å². The van der Waals surface area contributed by atoms with Crippen LogP contribution in [0.2, 0.25) is 0 Å². The molecule has 1 aromatic heterocycles. The van der Waals surface area contributed by atoms with Crippen LogP contribution in [0.5, 0.6) is 5.75 Å². The molecule has 3 heteroatoms. The van der Waals surface area contributed by atoms with Crippen LogP contribution in [0.25, 0.3) is 10.9 Å². The van der Waals surface area contributed by atoms with E-state index in [0.717, 1.165) is 29.3 Å². The molecule has 0 aliphatic heterocycles. The second-order valence-corrected chi connectivity index (χ2v) is 4.85. The van der Waals surface area contributed by atoms with E-state index in [1.54, 1.807) is 0 Å². The molecule has 1 heterocycles. The number of hydrogen-bond acceptors (Lipinski definition) is 2. The molecule has 1 aromatic carbocycles. The van der Waals surface area contributed by atoms with Crippen LogP contribution >= 0.6 is 0 Å². The summed E-state index contributed by atoms with van der Waals surface area (Å²) in [5, 5.41) is 11.2. The molecule has 0 radical (unpaired) electrons. The maximum atomic E-state index is 10.3. The van der Waals surface area contributed by atoms with Gasteiger partial charge < -0.3 is 15.8 Å². The predicted octanol–water partition coefficient (Wildman–Crippen LogP) is 2.25. The van der Waals surface area contributed by atoms with Crippen molar-refractivity contribution in [3.63, 3.8) is 0 Å². The van der Waals surface area contributed by atoms with Gasteiger partial charge in [-0.2, -0.15) is 0 Å². The number of phenols is 1. The normalized spacial score (nSPS) is 19.9. The topological polar surface area (TPSA) is 62.0 Å². The van der Waals surface area contributed by atoms with Gasteiger partial charge in [-0.05, 0) is 31.9 Å². The molecule has 3 nitrogen and oxygen atoms in total. The maximum absolute atomic E-state index is 10.3. The molecule has 4 N–H and O–H groups in total. The lowest BCUT2D eigenvalue weighted by atomic mass is 9.88. The number of H-pyrrole nitrogens is 1. The smallest absolute Gasteiger partial charge is 0.128 e. The molecule has 84 valence electrons. The van der Waals surface area contributed by atoms with Crippen LogP contribution in [0.15, 0.2) is 24.4 Å². The highest BCUT2D eigenvalue weighted by Crippen LogP contribution is 2.54. The molecular weight excluding hydrogens is 200 g/mol. The fraction of sp³-hybridized carbons (Fsp3) is 0.385. The van der Waals surface area contributed by atoms with Crippen LogP contribution in [0.1, 0.15) is 25.3 Å². The average Bonchev–Trinajstić information content (AvgIpc) is 2.90. The van der Waals surface area contributed by atoms with Gasteiger partial charge in [-0.25, -0.2) is 0 Å². The van der Waals surface area contributed by atoms with Gasteiger partial charge in [0.1, 0.15) is 5.75 Å². The van der Waals surface area contributed by atoms with E-state index in [1.165, 1.54) is 0 Å². The molecule has 0 bridgehead atoms. The van der Waals surface area contributed by atoms with Gasteiger partial charge in [0.15, 0.2) is 0 Å². The highest BCUT2D eigenvalue weighted by Gasteiger charge is 2.49. The lowest BCUT2D eigenvalue weighted by Crippen LogP contribution is -2.31. The van der Waals surface area contributed by atoms with E-state index in [-0.39, 0.29) is 11.5 Å². The minimum atomic E-state index is 0.00947. The summed E-state index contributed by atoms with van der Waals surface area (Å²) in [7, 11) is 0. The van der Waals surface area contributed by atoms with Crippen molar-refractivity contribution in [3.8, 4) is 5.75 Å². The molecule has 1 unspecified atom stereocenters. The lowest BCUT2D eigenvalue weighted by Gasteiger charge is -2.21. The number of nitrogens with two attached hydrogens (primary N) is 1. The van der Waals surface area contributed by atoms with Crippen molar-refractivity contribution < 1.29 is 5.11 Å². The molecule has 1 fully saturated rings. The number of aromatic amines is 1. The van der Waals surface area contributed by atoms with E-state index in [0.29, 0.717) is 5.75 Å². The van der Waals surface area contributed by atoms with Gasteiger partial charge in [-0.15, -0.1) is 0 Å². The second-order valence-electron chi connectivity index (χ2n) is 4.85. The fourth-order valence-corrected chi connectivity index (χ4v) is 2.62. The van der Waals surface area contributed by atoms with Crippen molar-refractivity contribution in [1.82, 2.24) is 4.98 Å². The van der Waals surface area contributed by atoms with Crippen LogP contribution in [-0.4, -0.2) is 16.1 Å². The minimum absolute atomic E-state index is 0.00947. The third-order valence-electron chi connectivity index (χ3n) is 3.90. The Hall–Kier alpha value is -1.48. The third-order valence-corrected chi connectivity index (χ3v) is 3.90. The van der Waals surface area contributed by atoms with Gasteiger partial charge in [0.25, 0.3) is 0 Å². The monoisotopic (exact) mass is 216 g/mol. The van der Waals surface area contributed by atoms with Crippen LogP contribution < -0.4 is 5.73 Å². The number of hydrogen-bond donors (Lipinski definition) is 3. The van der Waals surface area contributed by atoms with Crippen molar-refractivity contribution in [2.75, 3.05) is 0 Å². The summed E-state index contributed by atoms with van der Waals surface area (Å²) in [6, 6.07) is 6.03. The Morgan fingerprint density at radius 1 is 1.38 bits per heavy atom. The summed E-state index contributed by atoms with van der Waals surface area (Å²) in [6.45, 7) is 2.02. The summed E-state index contributed by atoms with van der Waals surface area (Å²) in [5.41, 5.74) is 8.03. The van der Waals surface area contributed by atoms with Gasteiger partial charge >= 0.3 is 0 Å². The Labute approximate surface area is 94.3 Å². The van der Waals surface area contributed by atoms with E-state index >= 15 is 0 Å². The summed E-state index contributed by atoms with van der Waals surface area (Å²) >= 11 is 0. The predicted molar refractivity (Wildman–Crippen MR) is 64.5 cm³/mol. The van der Waals surface area contributed by atoms with Gasteiger partial charge in [0, 0.05) is 34.1 Å². The van der Waals surface area contributed by atoms with Crippen molar-refractivity contribution in [2.24, 2.45) is 5.73 Å². The zero-order valence-electron chi connectivity index (χ0n) is 9.33. The standard InChI is InChI=1S/C13H16N2O/c1-8(14)13(5-6-13)10-2-3-11-9(12(10)16)4-7-15-11/h2-4,7-8,15-16H,5-6,14H2,1H3. The Balaban J connectivity index is 2.21. The van der Waals surface area contributed by atoms with Crippen LogP contribution in [-0.2, 0) is 5.41 Å². The van der Waals surface area contributed by atoms with Crippen molar-refractivity contribution in [2.45, 2.75) is 31.2 Å². The number of aromatic nitrogens is 1.